The monoisotopic (exact) mass is 220 g/mol. The number of aliphatic hydroxyl groups is 1. The SMILES string of the molecule is C=CCN(CCO)CCNc1ccccc1. The third-order valence-electron chi connectivity index (χ3n) is 2.33. The summed E-state index contributed by atoms with van der Waals surface area (Å²) < 4.78 is 0. The molecule has 0 saturated heterocycles. The zero-order valence-corrected chi connectivity index (χ0v) is 9.60. The van der Waals surface area contributed by atoms with Crippen molar-refractivity contribution in [1.82, 2.24) is 4.90 Å². The van der Waals surface area contributed by atoms with Crippen molar-refractivity contribution in [2.45, 2.75) is 0 Å². The Morgan fingerprint density at radius 3 is 2.62 bits per heavy atom. The van der Waals surface area contributed by atoms with Crippen LogP contribution in [0.5, 0.6) is 0 Å². The highest BCUT2D eigenvalue weighted by molar-refractivity contribution is 5.42. The van der Waals surface area contributed by atoms with Crippen LogP contribution >= 0.6 is 0 Å². The first-order valence-corrected chi connectivity index (χ1v) is 5.60. The third-order valence-corrected chi connectivity index (χ3v) is 2.33. The predicted molar refractivity (Wildman–Crippen MR) is 68.7 cm³/mol. The molecule has 3 nitrogen and oxygen atoms in total. The minimum absolute atomic E-state index is 0.194. The Morgan fingerprint density at radius 1 is 1.25 bits per heavy atom. The second-order valence-corrected chi connectivity index (χ2v) is 3.61. The van der Waals surface area contributed by atoms with Gasteiger partial charge in [0.2, 0.25) is 0 Å². The van der Waals surface area contributed by atoms with Crippen LogP contribution < -0.4 is 5.32 Å². The van der Waals surface area contributed by atoms with Crippen molar-refractivity contribution in [3.05, 3.63) is 43.0 Å². The fraction of sp³-hybridized carbons (Fsp3) is 0.385. The smallest absolute Gasteiger partial charge is 0.0558 e. The maximum atomic E-state index is 8.88. The van der Waals surface area contributed by atoms with Gasteiger partial charge in [0.1, 0.15) is 0 Å². The molecule has 0 heterocycles. The van der Waals surface area contributed by atoms with Gasteiger partial charge in [-0.25, -0.2) is 0 Å². The number of para-hydroxylation sites is 1. The summed E-state index contributed by atoms with van der Waals surface area (Å²) in [6.07, 6.45) is 1.86. The van der Waals surface area contributed by atoms with E-state index in [4.69, 9.17) is 5.11 Å². The van der Waals surface area contributed by atoms with Crippen LogP contribution in [0.3, 0.4) is 0 Å². The zero-order chi connectivity index (χ0) is 11.6. The van der Waals surface area contributed by atoms with Crippen molar-refractivity contribution in [2.75, 3.05) is 38.1 Å². The first-order chi connectivity index (χ1) is 7.86. The normalized spacial score (nSPS) is 10.4. The van der Waals surface area contributed by atoms with Gasteiger partial charge < -0.3 is 10.4 Å². The molecule has 3 heteroatoms. The standard InChI is InChI=1S/C13H20N2O/c1-2-9-15(11-12-16)10-8-14-13-6-4-3-5-7-13/h2-7,14,16H,1,8-12H2. The average molecular weight is 220 g/mol. The topological polar surface area (TPSA) is 35.5 Å². The summed E-state index contributed by atoms with van der Waals surface area (Å²) in [4.78, 5) is 2.16. The molecule has 1 aromatic rings. The Hall–Kier alpha value is -1.32. The number of nitrogens with one attached hydrogen (secondary N) is 1. The molecule has 0 atom stereocenters. The van der Waals surface area contributed by atoms with E-state index in [2.05, 4.69) is 16.8 Å². The van der Waals surface area contributed by atoms with Crippen LogP contribution in [-0.4, -0.2) is 42.8 Å². The molecule has 0 aliphatic heterocycles. The van der Waals surface area contributed by atoms with Crippen molar-refractivity contribution in [3.8, 4) is 0 Å². The summed E-state index contributed by atoms with van der Waals surface area (Å²) in [7, 11) is 0. The van der Waals surface area contributed by atoms with Gasteiger partial charge in [-0.3, -0.25) is 4.90 Å². The second-order valence-electron chi connectivity index (χ2n) is 3.61. The molecule has 0 spiro atoms. The molecular weight excluding hydrogens is 200 g/mol. The molecule has 0 aliphatic rings. The number of nitrogens with zero attached hydrogens (tertiary/aromatic N) is 1. The first kappa shape index (κ1) is 12.7. The van der Waals surface area contributed by atoms with Gasteiger partial charge in [0.25, 0.3) is 0 Å². The van der Waals surface area contributed by atoms with Crippen LogP contribution in [0.1, 0.15) is 0 Å². The molecule has 0 saturated carbocycles. The third kappa shape index (κ3) is 4.96. The van der Waals surface area contributed by atoms with Gasteiger partial charge >= 0.3 is 0 Å². The van der Waals surface area contributed by atoms with Crippen LogP contribution in [-0.2, 0) is 0 Å². The lowest BCUT2D eigenvalue weighted by Gasteiger charge is -2.19. The molecule has 0 bridgehead atoms. The lowest BCUT2D eigenvalue weighted by Crippen LogP contribution is -2.31. The first-order valence-electron chi connectivity index (χ1n) is 5.60. The van der Waals surface area contributed by atoms with Crippen LogP contribution in [0, 0.1) is 0 Å². The summed E-state index contributed by atoms with van der Waals surface area (Å²) in [5, 5.41) is 12.2. The summed E-state index contributed by atoms with van der Waals surface area (Å²) in [6, 6.07) is 10.1. The van der Waals surface area contributed by atoms with Gasteiger partial charge in [0.15, 0.2) is 0 Å². The summed E-state index contributed by atoms with van der Waals surface area (Å²) >= 11 is 0. The average Bonchev–Trinajstić information content (AvgIpc) is 2.31. The van der Waals surface area contributed by atoms with Gasteiger partial charge in [-0.2, -0.15) is 0 Å². The maximum absolute atomic E-state index is 8.88. The highest BCUT2D eigenvalue weighted by Gasteiger charge is 2.00. The van der Waals surface area contributed by atoms with Gasteiger partial charge in [-0.05, 0) is 12.1 Å². The van der Waals surface area contributed by atoms with E-state index in [1.807, 2.05) is 36.4 Å². The molecule has 0 amide bonds. The molecule has 88 valence electrons. The van der Waals surface area contributed by atoms with E-state index in [9.17, 15) is 0 Å². The lowest BCUT2D eigenvalue weighted by molar-refractivity contribution is 0.213. The van der Waals surface area contributed by atoms with Crippen LogP contribution in [0.4, 0.5) is 5.69 Å². The minimum Gasteiger partial charge on any atom is -0.395 e. The van der Waals surface area contributed by atoms with Gasteiger partial charge in [0, 0.05) is 31.9 Å². The fourth-order valence-electron chi connectivity index (χ4n) is 1.53. The number of anilines is 1. The van der Waals surface area contributed by atoms with E-state index in [0.717, 1.165) is 25.3 Å². The van der Waals surface area contributed by atoms with Crippen molar-refractivity contribution >= 4 is 5.69 Å². The summed E-state index contributed by atoms with van der Waals surface area (Å²) in [6.45, 7) is 7.19. The largest absolute Gasteiger partial charge is 0.395 e. The molecule has 0 fully saturated rings. The van der Waals surface area contributed by atoms with E-state index in [1.54, 1.807) is 0 Å². The van der Waals surface area contributed by atoms with E-state index in [1.165, 1.54) is 0 Å². The summed E-state index contributed by atoms with van der Waals surface area (Å²) in [5.74, 6) is 0. The number of aliphatic hydroxyl groups excluding tert-OH is 1. The van der Waals surface area contributed by atoms with Crippen molar-refractivity contribution < 1.29 is 5.11 Å². The van der Waals surface area contributed by atoms with Gasteiger partial charge in [0.05, 0.1) is 6.61 Å². The highest BCUT2D eigenvalue weighted by atomic mass is 16.3. The van der Waals surface area contributed by atoms with E-state index >= 15 is 0 Å². The van der Waals surface area contributed by atoms with Gasteiger partial charge in [-0.1, -0.05) is 24.3 Å². The zero-order valence-electron chi connectivity index (χ0n) is 9.60. The highest BCUT2D eigenvalue weighted by Crippen LogP contribution is 2.03. The van der Waals surface area contributed by atoms with E-state index in [-0.39, 0.29) is 6.61 Å². The molecule has 16 heavy (non-hydrogen) atoms. The Bertz CT molecular complexity index is 287. The molecule has 2 N–H and O–H groups in total. The van der Waals surface area contributed by atoms with Crippen molar-refractivity contribution in [1.29, 1.82) is 0 Å². The summed E-state index contributed by atoms with van der Waals surface area (Å²) in [5.41, 5.74) is 1.13. The van der Waals surface area contributed by atoms with Crippen LogP contribution in [0.25, 0.3) is 0 Å². The number of hydrogen-bond acceptors (Lipinski definition) is 3. The Kier molecular flexibility index (Phi) is 6.30. The van der Waals surface area contributed by atoms with Crippen molar-refractivity contribution in [2.24, 2.45) is 0 Å². The second kappa shape index (κ2) is 7.91. The molecule has 0 radical (unpaired) electrons. The molecular formula is C13H20N2O. The minimum atomic E-state index is 0.194. The van der Waals surface area contributed by atoms with E-state index in [0.29, 0.717) is 6.54 Å². The lowest BCUT2D eigenvalue weighted by atomic mass is 10.3. The quantitative estimate of drug-likeness (QED) is 0.653. The fourth-order valence-corrected chi connectivity index (χ4v) is 1.53. The molecule has 0 aromatic heterocycles. The van der Waals surface area contributed by atoms with Gasteiger partial charge in [-0.15, -0.1) is 6.58 Å². The predicted octanol–water partition coefficient (Wildman–Crippen LogP) is 1.58. The number of rotatable bonds is 8. The molecule has 0 unspecified atom stereocenters. The van der Waals surface area contributed by atoms with Crippen molar-refractivity contribution in [3.63, 3.8) is 0 Å². The Balaban J connectivity index is 2.24. The Labute approximate surface area is 97.4 Å². The molecule has 1 rings (SSSR count). The maximum Gasteiger partial charge on any atom is 0.0558 e. The molecule has 1 aromatic carbocycles. The molecule has 0 aliphatic carbocycles. The van der Waals surface area contributed by atoms with E-state index < -0.39 is 0 Å². The number of benzene rings is 1. The van der Waals surface area contributed by atoms with Crippen LogP contribution in [0.2, 0.25) is 0 Å². The number of hydrogen-bond donors (Lipinski definition) is 2. The van der Waals surface area contributed by atoms with Crippen LogP contribution in [0.15, 0.2) is 43.0 Å². The Morgan fingerprint density at radius 2 is 2.00 bits per heavy atom.